The molecule has 0 N–H and O–H groups in total. The Labute approximate surface area is 143 Å². The number of piperazine rings is 1. The molecule has 1 fully saturated rings. The molecule has 23 heavy (non-hydrogen) atoms. The molecule has 0 bridgehead atoms. The molecule has 0 aliphatic carbocycles. The Balaban J connectivity index is 1.64. The fourth-order valence-electron chi connectivity index (χ4n) is 3.24. The maximum absolute atomic E-state index is 6.31. The summed E-state index contributed by atoms with van der Waals surface area (Å²) < 4.78 is 2.21. The number of para-hydroxylation sites is 1. The summed E-state index contributed by atoms with van der Waals surface area (Å²) >= 11 is 6.31. The maximum Gasteiger partial charge on any atom is 0.0639 e. The van der Waals surface area contributed by atoms with Crippen molar-refractivity contribution in [3.63, 3.8) is 0 Å². The smallest absolute Gasteiger partial charge is 0.0639 e. The van der Waals surface area contributed by atoms with Gasteiger partial charge in [-0.1, -0.05) is 30.3 Å². The fraction of sp³-hybridized carbons (Fsp3) is 0.368. The fourth-order valence-corrected chi connectivity index (χ4v) is 3.50. The zero-order valence-electron chi connectivity index (χ0n) is 13.9. The van der Waals surface area contributed by atoms with E-state index in [1.54, 1.807) is 0 Å². The second kappa shape index (κ2) is 6.81. The van der Waals surface area contributed by atoms with Crippen LogP contribution in [-0.4, -0.2) is 35.6 Å². The monoisotopic (exact) mass is 329 g/mol. The number of halogens is 1. The molecule has 0 radical (unpaired) electrons. The van der Waals surface area contributed by atoms with Gasteiger partial charge < -0.3 is 9.47 Å². The molecule has 3 nitrogen and oxygen atoms in total. The standard InChI is InChI=1S/C19H24ClN3/c1-4-17-13-16(15(2)21(17)3)14-22-9-11-23(12-10-22)19-8-6-5-7-18(19)20/h4-8,13H,1,9-12,14H2,2-3H3. The number of hydrogen-bond donors (Lipinski definition) is 0. The number of aromatic nitrogens is 1. The number of rotatable bonds is 4. The highest BCUT2D eigenvalue weighted by Crippen LogP contribution is 2.26. The van der Waals surface area contributed by atoms with Crippen LogP contribution in [-0.2, 0) is 13.6 Å². The van der Waals surface area contributed by atoms with Crippen molar-refractivity contribution in [3.8, 4) is 0 Å². The molecule has 1 aromatic heterocycles. The van der Waals surface area contributed by atoms with Crippen LogP contribution in [0.1, 0.15) is 17.0 Å². The highest BCUT2D eigenvalue weighted by Gasteiger charge is 2.20. The van der Waals surface area contributed by atoms with Gasteiger partial charge in [0.15, 0.2) is 0 Å². The normalized spacial score (nSPS) is 15.9. The highest BCUT2D eigenvalue weighted by molar-refractivity contribution is 6.33. The minimum Gasteiger partial charge on any atom is -0.368 e. The molecule has 0 saturated carbocycles. The van der Waals surface area contributed by atoms with Crippen LogP contribution in [0.3, 0.4) is 0 Å². The van der Waals surface area contributed by atoms with Crippen LogP contribution in [0.2, 0.25) is 5.02 Å². The van der Waals surface area contributed by atoms with Gasteiger partial charge in [0.25, 0.3) is 0 Å². The zero-order valence-corrected chi connectivity index (χ0v) is 14.7. The first-order valence-corrected chi connectivity index (χ1v) is 8.47. The molecule has 1 aliphatic rings. The quantitative estimate of drug-likeness (QED) is 0.841. The van der Waals surface area contributed by atoms with Crippen molar-refractivity contribution in [1.82, 2.24) is 9.47 Å². The van der Waals surface area contributed by atoms with E-state index in [1.807, 2.05) is 18.2 Å². The van der Waals surface area contributed by atoms with E-state index in [1.165, 1.54) is 17.0 Å². The molecule has 0 amide bonds. The molecular formula is C19H24ClN3. The van der Waals surface area contributed by atoms with Crippen LogP contribution in [0.4, 0.5) is 5.69 Å². The largest absolute Gasteiger partial charge is 0.368 e. The molecule has 0 spiro atoms. The Morgan fingerprint density at radius 3 is 2.48 bits per heavy atom. The van der Waals surface area contributed by atoms with Crippen molar-refractivity contribution in [1.29, 1.82) is 0 Å². The minimum atomic E-state index is 0.843. The molecule has 0 atom stereocenters. The molecule has 2 aromatic rings. The van der Waals surface area contributed by atoms with Crippen LogP contribution in [0.5, 0.6) is 0 Å². The summed E-state index contributed by atoms with van der Waals surface area (Å²) in [6.45, 7) is 11.2. The van der Waals surface area contributed by atoms with Crippen LogP contribution in [0.15, 0.2) is 36.9 Å². The lowest BCUT2D eigenvalue weighted by molar-refractivity contribution is 0.249. The Hall–Kier alpha value is -1.71. The number of anilines is 1. The van der Waals surface area contributed by atoms with E-state index in [-0.39, 0.29) is 0 Å². The van der Waals surface area contributed by atoms with Crippen LogP contribution < -0.4 is 4.90 Å². The maximum atomic E-state index is 6.31. The summed E-state index contributed by atoms with van der Waals surface area (Å²) in [4.78, 5) is 4.90. The summed E-state index contributed by atoms with van der Waals surface area (Å²) in [5.74, 6) is 0. The van der Waals surface area contributed by atoms with Crippen molar-refractivity contribution in [2.45, 2.75) is 13.5 Å². The van der Waals surface area contributed by atoms with Gasteiger partial charge in [0.05, 0.1) is 10.7 Å². The van der Waals surface area contributed by atoms with Gasteiger partial charge in [-0.05, 0) is 36.8 Å². The summed E-state index contributed by atoms with van der Waals surface area (Å²) in [6, 6.07) is 10.4. The first kappa shape index (κ1) is 16.2. The number of hydrogen-bond acceptors (Lipinski definition) is 2. The summed E-state index contributed by atoms with van der Waals surface area (Å²) in [5, 5.41) is 0.843. The number of benzene rings is 1. The predicted octanol–water partition coefficient (Wildman–Crippen LogP) is 3.95. The van der Waals surface area contributed by atoms with Gasteiger partial charge >= 0.3 is 0 Å². The summed E-state index contributed by atoms with van der Waals surface area (Å²) in [6.07, 6.45) is 1.92. The van der Waals surface area contributed by atoms with Gasteiger partial charge in [-0.3, -0.25) is 4.90 Å². The van der Waals surface area contributed by atoms with E-state index in [0.717, 1.165) is 43.4 Å². The van der Waals surface area contributed by atoms with Gasteiger partial charge in [-0.15, -0.1) is 0 Å². The van der Waals surface area contributed by atoms with Gasteiger partial charge in [-0.25, -0.2) is 0 Å². The third-order valence-corrected chi connectivity index (χ3v) is 5.17. The van der Waals surface area contributed by atoms with Gasteiger partial charge in [0.1, 0.15) is 0 Å². The number of nitrogens with zero attached hydrogens (tertiary/aromatic N) is 3. The zero-order chi connectivity index (χ0) is 16.4. The van der Waals surface area contributed by atoms with Crippen molar-refractivity contribution in [2.75, 3.05) is 31.1 Å². The molecule has 0 unspecified atom stereocenters. The Morgan fingerprint density at radius 2 is 1.87 bits per heavy atom. The molecule has 1 saturated heterocycles. The molecule has 4 heteroatoms. The first-order valence-electron chi connectivity index (χ1n) is 8.09. The van der Waals surface area contributed by atoms with Crippen LogP contribution in [0.25, 0.3) is 6.08 Å². The second-order valence-electron chi connectivity index (χ2n) is 6.16. The Kier molecular flexibility index (Phi) is 4.79. The molecule has 3 rings (SSSR count). The van der Waals surface area contributed by atoms with E-state index >= 15 is 0 Å². The van der Waals surface area contributed by atoms with Crippen molar-refractivity contribution < 1.29 is 0 Å². The molecule has 2 heterocycles. The molecular weight excluding hydrogens is 306 g/mol. The molecule has 122 valence electrons. The van der Waals surface area contributed by atoms with E-state index in [9.17, 15) is 0 Å². The summed E-state index contributed by atoms with van der Waals surface area (Å²) in [7, 11) is 2.10. The lowest BCUT2D eigenvalue weighted by Gasteiger charge is -2.36. The Morgan fingerprint density at radius 1 is 1.17 bits per heavy atom. The molecule has 1 aliphatic heterocycles. The lowest BCUT2D eigenvalue weighted by atomic mass is 10.2. The summed E-state index contributed by atoms with van der Waals surface area (Å²) in [5.41, 5.74) is 5.06. The second-order valence-corrected chi connectivity index (χ2v) is 6.56. The first-order chi connectivity index (χ1) is 11.1. The van der Waals surface area contributed by atoms with Gasteiger partial charge in [0, 0.05) is 51.2 Å². The van der Waals surface area contributed by atoms with Crippen LogP contribution in [0, 0.1) is 6.92 Å². The van der Waals surface area contributed by atoms with Crippen molar-refractivity contribution in [2.24, 2.45) is 7.05 Å². The van der Waals surface area contributed by atoms with Crippen molar-refractivity contribution in [3.05, 3.63) is 58.9 Å². The van der Waals surface area contributed by atoms with Crippen LogP contribution >= 0.6 is 11.6 Å². The topological polar surface area (TPSA) is 11.4 Å². The minimum absolute atomic E-state index is 0.843. The highest BCUT2D eigenvalue weighted by atomic mass is 35.5. The van der Waals surface area contributed by atoms with E-state index in [0.29, 0.717) is 0 Å². The van der Waals surface area contributed by atoms with E-state index in [4.69, 9.17) is 11.6 Å². The third kappa shape index (κ3) is 3.31. The lowest BCUT2D eigenvalue weighted by Crippen LogP contribution is -2.46. The van der Waals surface area contributed by atoms with Gasteiger partial charge in [-0.2, -0.15) is 0 Å². The SMILES string of the molecule is C=Cc1cc(CN2CCN(c3ccccc3Cl)CC2)c(C)n1C. The average molecular weight is 330 g/mol. The average Bonchev–Trinajstić information content (AvgIpc) is 2.84. The predicted molar refractivity (Wildman–Crippen MR) is 99.2 cm³/mol. The third-order valence-electron chi connectivity index (χ3n) is 4.85. The van der Waals surface area contributed by atoms with Crippen molar-refractivity contribution >= 4 is 23.4 Å². The molecule has 1 aromatic carbocycles. The van der Waals surface area contributed by atoms with E-state index in [2.05, 4.69) is 53.1 Å². The van der Waals surface area contributed by atoms with E-state index < -0.39 is 0 Å². The Bertz CT molecular complexity index is 697. The van der Waals surface area contributed by atoms with Gasteiger partial charge in [0.2, 0.25) is 0 Å².